The zero-order chi connectivity index (χ0) is 19.9. The molecule has 2 aliphatic rings. The van der Waals surface area contributed by atoms with E-state index in [1.807, 2.05) is 16.7 Å². The second kappa shape index (κ2) is 7.07. The maximum absolute atomic E-state index is 12.9. The van der Waals surface area contributed by atoms with Crippen molar-refractivity contribution in [1.82, 2.24) is 9.97 Å². The topological polar surface area (TPSA) is 49.3 Å². The minimum Gasteiger partial charge on any atom is -0.368 e. The Bertz CT molecular complexity index is 891. The van der Waals surface area contributed by atoms with E-state index in [0.29, 0.717) is 49.8 Å². The molecule has 1 saturated heterocycles. The lowest BCUT2D eigenvalue weighted by atomic mass is 9.88. The summed E-state index contributed by atoms with van der Waals surface area (Å²) in [6.07, 6.45) is -1.43. The van der Waals surface area contributed by atoms with Crippen molar-refractivity contribution in [2.24, 2.45) is 5.92 Å². The van der Waals surface area contributed by atoms with E-state index in [9.17, 15) is 18.0 Å². The Morgan fingerprint density at radius 3 is 2.50 bits per heavy atom. The minimum atomic E-state index is -4.34. The molecule has 2 heterocycles. The molecule has 1 aliphatic heterocycles. The second-order valence-electron chi connectivity index (χ2n) is 7.49. The number of alkyl halides is 3. The van der Waals surface area contributed by atoms with Gasteiger partial charge in [0, 0.05) is 44.5 Å². The van der Waals surface area contributed by atoms with Crippen LogP contribution in [0.1, 0.15) is 35.0 Å². The Morgan fingerprint density at radius 1 is 1.07 bits per heavy atom. The van der Waals surface area contributed by atoms with Crippen LogP contribution in [0, 0.1) is 5.92 Å². The first-order chi connectivity index (χ1) is 13.3. The van der Waals surface area contributed by atoms with Gasteiger partial charge in [-0.25, -0.2) is 9.97 Å². The summed E-state index contributed by atoms with van der Waals surface area (Å²) in [5, 5.41) is 0. The average Bonchev–Trinajstić information content (AvgIpc) is 2.67. The quantitative estimate of drug-likeness (QED) is 0.785. The van der Waals surface area contributed by atoms with Gasteiger partial charge in [-0.05, 0) is 30.5 Å². The number of carbonyl (C=O) groups excluding carboxylic acids is 1. The number of Topliss-reactive ketones (excluding diaryl/α,β-unsaturated/α-hetero) is 1. The number of piperazine rings is 1. The SMILES string of the molecule is C[C@@H]1CC(=O)c2cnc(N3CCN(c4cccc(C(F)(F)F)c4)CC3)nc2C1. The molecule has 0 radical (unpaired) electrons. The van der Waals surface area contributed by atoms with Crippen molar-refractivity contribution in [2.45, 2.75) is 25.9 Å². The lowest BCUT2D eigenvalue weighted by molar-refractivity contribution is -0.137. The van der Waals surface area contributed by atoms with Crippen LogP contribution in [-0.4, -0.2) is 41.9 Å². The summed E-state index contributed by atoms with van der Waals surface area (Å²) in [6, 6.07) is 5.42. The highest BCUT2D eigenvalue weighted by atomic mass is 19.4. The number of aromatic nitrogens is 2. The van der Waals surface area contributed by atoms with E-state index in [1.165, 1.54) is 12.1 Å². The van der Waals surface area contributed by atoms with Gasteiger partial charge in [0.25, 0.3) is 0 Å². The molecule has 1 aromatic heterocycles. The minimum absolute atomic E-state index is 0.0923. The third-order valence-corrected chi connectivity index (χ3v) is 5.33. The van der Waals surface area contributed by atoms with Crippen LogP contribution in [0.25, 0.3) is 0 Å². The van der Waals surface area contributed by atoms with E-state index in [-0.39, 0.29) is 11.7 Å². The van der Waals surface area contributed by atoms with Gasteiger partial charge in [0.05, 0.1) is 16.8 Å². The first-order valence-electron chi connectivity index (χ1n) is 9.37. The molecule has 0 amide bonds. The number of carbonyl (C=O) groups is 1. The van der Waals surface area contributed by atoms with E-state index < -0.39 is 11.7 Å². The van der Waals surface area contributed by atoms with Crippen LogP contribution < -0.4 is 9.80 Å². The van der Waals surface area contributed by atoms with Crippen molar-refractivity contribution in [1.29, 1.82) is 0 Å². The van der Waals surface area contributed by atoms with Crippen molar-refractivity contribution in [3.63, 3.8) is 0 Å². The number of benzene rings is 1. The molecule has 1 aliphatic carbocycles. The molecule has 5 nitrogen and oxygen atoms in total. The number of halogens is 3. The molecular weight excluding hydrogens is 369 g/mol. The molecule has 0 unspecified atom stereocenters. The van der Waals surface area contributed by atoms with Crippen molar-refractivity contribution >= 4 is 17.4 Å². The average molecular weight is 390 g/mol. The molecule has 148 valence electrons. The molecule has 2 aromatic rings. The maximum atomic E-state index is 12.9. The fourth-order valence-corrected chi connectivity index (χ4v) is 3.82. The molecule has 0 spiro atoms. The summed E-state index contributed by atoms with van der Waals surface area (Å²) in [5.41, 5.74) is 1.35. The fraction of sp³-hybridized carbons (Fsp3) is 0.450. The first kappa shape index (κ1) is 18.7. The number of nitrogens with zero attached hydrogens (tertiary/aromatic N) is 4. The van der Waals surface area contributed by atoms with Gasteiger partial charge in [0.1, 0.15) is 0 Å². The molecule has 0 saturated carbocycles. The Balaban J connectivity index is 1.46. The fourth-order valence-electron chi connectivity index (χ4n) is 3.82. The van der Waals surface area contributed by atoms with Gasteiger partial charge < -0.3 is 9.80 Å². The number of ketones is 1. The molecule has 8 heteroatoms. The maximum Gasteiger partial charge on any atom is 0.416 e. The van der Waals surface area contributed by atoms with Gasteiger partial charge in [-0.15, -0.1) is 0 Å². The third-order valence-electron chi connectivity index (χ3n) is 5.33. The molecule has 28 heavy (non-hydrogen) atoms. The normalized spacial score (nSPS) is 20.3. The molecule has 1 fully saturated rings. The Labute approximate surface area is 161 Å². The zero-order valence-corrected chi connectivity index (χ0v) is 15.5. The Hall–Kier alpha value is -2.64. The molecule has 4 rings (SSSR count). The van der Waals surface area contributed by atoms with Crippen molar-refractivity contribution in [3.8, 4) is 0 Å². The summed E-state index contributed by atoms with van der Waals surface area (Å²) < 4.78 is 38.8. The molecular formula is C20H21F3N4O. The van der Waals surface area contributed by atoms with Crippen molar-refractivity contribution in [3.05, 3.63) is 47.3 Å². The number of anilines is 2. The highest BCUT2D eigenvalue weighted by molar-refractivity contribution is 5.98. The second-order valence-corrected chi connectivity index (χ2v) is 7.49. The third kappa shape index (κ3) is 3.68. The van der Waals surface area contributed by atoms with E-state index in [4.69, 9.17) is 0 Å². The van der Waals surface area contributed by atoms with E-state index in [0.717, 1.165) is 18.2 Å². The monoisotopic (exact) mass is 390 g/mol. The first-order valence-corrected chi connectivity index (χ1v) is 9.37. The van der Waals surface area contributed by atoms with Gasteiger partial charge in [0.2, 0.25) is 5.95 Å². The number of rotatable bonds is 2. The molecule has 0 N–H and O–H groups in total. The Morgan fingerprint density at radius 2 is 1.79 bits per heavy atom. The van der Waals surface area contributed by atoms with Crippen LogP contribution >= 0.6 is 0 Å². The largest absolute Gasteiger partial charge is 0.416 e. The van der Waals surface area contributed by atoms with Gasteiger partial charge in [-0.2, -0.15) is 13.2 Å². The van der Waals surface area contributed by atoms with Crippen LogP contribution in [0.15, 0.2) is 30.5 Å². The summed E-state index contributed by atoms with van der Waals surface area (Å²) in [4.78, 5) is 25.0. The van der Waals surface area contributed by atoms with Gasteiger partial charge >= 0.3 is 6.18 Å². The van der Waals surface area contributed by atoms with E-state index in [1.54, 1.807) is 12.3 Å². The van der Waals surface area contributed by atoms with Crippen LogP contribution in [0.3, 0.4) is 0 Å². The van der Waals surface area contributed by atoms with Gasteiger partial charge in [0.15, 0.2) is 5.78 Å². The standard InChI is InChI=1S/C20H21F3N4O/c1-13-9-17-16(18(28)10-13)12-24-19(25-17)27-7-5-26(6-8-27)15-4-2-3-14(11-15)20(21,22)23/h2-4,11-13H,5-10H2,1H3/t13-/m0/s1. The van der Waals surface area contributed by atoms with Crippen LogP contribution in [0.2, 0.25) is 0 Å². The van der Waals surface area contributed by atoms with Gasteiger partial charge in [-0.3, -0.25) is 4.79 Å². The van der Waals surface area contributed by atoms with Gasteiger partial charge in [-0.1, -0.05) is 13.0 Å². The lowest BCUT2D eigenvalue weighted by Crippen LogP contribution is -2.47. The number of hydrogen-bond acceptors (Lipinski definition) is 5. The highest BCUT2D eigenvalue weighted by Gasteiger charge is 2.31. The smallest absolute Gasteiger partial charge is 0.368 e. The number of fused-ring (bicyclic) bond motifs is 1. The Kier molecular flexibility index (Phi) is 4.72. The van der Waals surface area contributed by atoms with Crippen LogP contribution in [-0.2, 0) is 12.6 Å². The summed E-state index contributed by atoms with van der Waals surface area (Å²) in [6.45, 7) is 4.42. The summed E-state index contributed by atoms with van der Waals surface area (Å²) in [7, 11) is 0. The van der Waals surface area contributed by atoms with E-state index in [2.05, 4.69) is 9.97 Å². The number of hydrogen-bond donors (Lipinski definition) is 0. The van der Waals surface area contributed by atoms with Crippen molar-refractivity contribution < 1.29 is 18.0 Å². The lowest BCUT2D eigenvalue weighted by Gasteiger charge is -2.36. The highest BCUT2D eigenvalue weighted by Crippen LogP contribution is 2.32. The van der Waals surface area contributed by atoms with E-state index >= 15 is 0 Å². The molecule has 1 atom stereocenters. The molecule has 0 bridgehead atoms. The zero-order valence-electron chi connectivity index (χ0n) is 15.5. The van der Waals surface area contributed by atoms with Crippen molar-refractivity contribution in [2.75, 3.05) is 36.0 Å². The predicted molar refractivity (Wildman–Crippen MR) is 99.7 cm³/mol. The predicted octanol–water partition coefficient (Wildman–Crippen LogP) is 3.59. The summed E-state index contributed by atoms with van der Waals surface area (Å²) >= 11 is 0. The summed E-state index contributed by atoms with van der Waals surface area (Å²) in [5.74, 6) is 0.958. The van der Waals surface area contributed by atoms with Crippen LogP contribution in [0.5, 0.6) is 0 Å². The molecule has 1 aromatic carbocycles. The van der Waals surface area contributed by atoms with Crippen LogP contribution in [0.4, 0.5) is 24.8 Å².